The number of aromatic nitrogens is 2. The largest absolute Gasteiger partial charge is 0.507 e. The van der Waals surface area contributed by atoms with Crippen molar-refractivity contribution in [2.24, 2.45) is 0 Å². The summed E-state index contributed by atoms with van der Waals surface area (Å²) in [6.07, 6.45) is 0. The highest BCUT2D eigenvalue weighted by atomic mass is 32.1. The lowest BCUT2D eigenvalue weighted by Crippen LogP contribution is -2.29. The summed E-state index contributed by atoms with van der Waals surface area (Å²) < 4.78 is 0. The molecule has 0 bridgehead atoms. The van der Waals surface area contributed by atoms with Gasteiger partial charge in [0.05, 0.1) is 11.6 Å². The maximum absolute atomic E-state index is 13.2. The van der Waals surface area contributed by atoms with Gasteiger partial charge >= 0.3 is 5.91 Å². The molecule has 158 valence electrons. The lowest BCUT2D eigenvalue weighted by atomic mass is 9.91. The van der Waals surface area contributed by atoms with Gasteiger partial charge in [0.2, 0.25) is 5.13 Å². The van der Waals surface area contributed by atoms with E-state index in [2.05, 4.69) is 10.2 Å². The van der Waals surface area contributed by atoms with E-state index in [4.69, 9.17) is 0 Å². The van der Waals surface area contributed by atoms with Crippen molar-refractivity contribution < 1.29 is 14.7 Å². The molecule has 5 rings (SSSR count). The van der Waals surface area contributed by atoms with Crippen LogP contribution in [0.1, 0.15) is 27.7 Å². The molecule has 1 aliphatic rings. The zero-order valence-electron chi connectivity index (χ0n) is 17.4. The van der Waals surface area contributed by atoms with Gasteiger partial charge in [0.15, 0.2) is 0 Å². The molecule has 0 saturated carbocycles. The number of Topliss-reactive ketones (excluding diaryl/α,β-unsaturated/α-hetero) is 1. The van der Waals surface area contributed by atoms with E-state index in [-0.39, 0.29) is 11.3 Å². The zero-order chi connectivity index (χ0) is 22.4. The highest BCUT2D eigenvalue weighted by Gasteiger charge is 2.48. The molecule has 4 aromatic rings. The molecule has 3 aromatic carbocycles. The van der Waals surface area contributed by atoms with E-state index in [1.807, 2.05) is 61.5 Å². The van der Waals surface area contributed by atoms with Gasteiger partial charge in [-0.3, -0.25) is 14.5 Å². The van der Waals surface area contributed by atoms with Crippen LogP contribution in [0.4, 0.5) is 5.13 Å². The average molecular weight is 442 g/mol. The van der Waals surface area contributed by atoms with E-state index in [1.165, 1.54) is 16.2 Å². The first-order chi connectivity index (χ1) is 15.5. The Kier molecular flexibility index (Phi) is 4.83. The summed E-state index contributed by atoms with van der Waals surface area (Å²) in [6, 6.07) is 19.9. The molecular formula is C25H19N3O3S. The zero-order valence-corrected chi connectivity index (χ0v) is 18.3. The van der Waals surface area contributed by atoms with E-state index < -0.39 is 17.7 Å². The molecule has 1 saturated heterocycles. The van der Waals surface area contributed by atoms with E-state index >= 15 is 0 Å². The Morgan fingerprint density at radius 1 is 0.938 bits per heavy atom. The van der Waals surface area contributed by atoms with Crippen molar-refractivity contribution in [3.8, 4) is 0 Å². The minimum Gasteiger partial charge on any atom is -0.507 e. The highest BCUT2D eigenvalue weighted by Crippen LogP contribution is 2.44. The minimum absolute atomic E-state index is 0.0445. The van der Waals surface area contributed by atoms with Gasteiger partial charge < -0.3 is 5.11 Å². The van der Waals surface area contributed by atoms with Gasteiger partial charge in [-0.25, -0.2) is 0 Å². The number of aryl methyl sites for hydroxylation is 2. The Morgan fingerprint density at radius 3 is 2.38 bits per heavy atom. The molecule has 6 nitrogen and oxygen atoms in total. The third-order valence-electron chi connectivity index (χ3n) is 5.61. The third kappa shape index (κ3) is 3.18. The maximum atomic E-state index is 13.2. The first-order valence-electron chi connectivity index (χ1n) is 10.1. The molecule has 1 fully saturated rings. The molecule has 1 atom stereocenters. The first kappa shape index (κ1) is 20.1. The van der Waals surface area contributed by atoms with Gasteiger partial charge in [-0.2, -0.15) is 0 Å². The van der Waals surface area contributed by atoms with Gasteiger partial charge in [-0.1, -0.05) is 83.6 Å². The second kappa shape index (κ2) is 7.69. The number of rotatable bonds is 3. The predicted octanol–water partition coefficient (Wildman–Crippen LogP) is 4.93. The summed E-state index contributed by atoms with van der Waals surface area (Å²) >= 11 is 1.23. The summed E-state index contributed by atoms with van der Waals surface area (Å²) in [4.78, 5) is 27.8. The number of carbonyl (C=O) groups excluding carboxylic acids is 2. The lowest BCUT2D eigenvalue weighted by Gasteiger charge is -2.24. The second-order valence-electron chi connectivity index (χ2n) is 7.71. The number of ketones is 1. The van der Waals surface area contributed by atoms with Gasteiger partial charge in [-0.15, -0.1) is 10.2 Å². The van der Waals surface area contributed by atoms with Crippen LogP contribution in [0, 0.1) is 13.8 Å². The van der Waals surface area contributed by atoms with Gasteiger partial charge in [0.1, 0.15) is 10.8 Å². The van der Waals surface area contributed by atoms with Crippen LogP contribution in [0.3, 0.4) is 0 Å². The average Bonchev–Trinajstić information content (AvgIpc) is 3.34. The molecule has 0 aliphatic carbocycles. The Bertz CT molecular complexity index is 1400. The van der Waals surface area contributed by atoms with E-state index in [0.717, 1.165) is 21.9 Å². The highest BCUT2D eigenvalue weighted by molar-refractivity contribution is 7.15. The monoisotopic (exact) mass is 441 g/mol. The van der Waals surface area contributed by atoms with Crippen LogP contribution >= 0.6 is 11.3 Å². The van der Waals surface area contributed by atoms with Crippen LogP contribution in [-0.2, 0) is 9.59 Å². The molecule has 0 unspecified atom stereocenters. The fraction of sp³-hybridized carbons (Fsp3) is 0.120. The summed E-state index contributed by atoms with van der Waals surface area (Å²) in [7, 11) is 0. The van der Waals surface area contributed by atoms with Crippen molar-refractivity contribution in [2.45, 2.75) is 19.9 Å². The fourth-order valence-electron chi connectivity index (χ4n) is 4.06. The standard InChI is InChI=1S/C25H19N3O3S/c1-14-10-12-17(13-11-14)22(29)20-21(19-9-5-7-16-6-3-4-8-18(16)19)28(24(31)23(20)30)25-27-26-15(2)32-25/h3-13,21,29H,1-2H3/b22-20+/t21-/m1/s1. The van der Waals surface area contributed by atoms with Gasteiger partial charge in [0.25, 0.3) is 5.78 Å². The van der Waals surface area contributed by atoms with Crippen LogP contribution in [0.5, 0.6) is 0 Å². The van der Waals surface area contributed by atoms with Crippen molar-refractivity contribution in [3.63, 3.8) is 0 Å². The number of nitrogens with zero attached hydrogens (tertiary/aromatic N) is 3. The summed E-state index contributed by atoms with van der Waals surface area (Å²) in [6.45, 7) is 3.73. The quantitative estimate of drug-likeness (QED) is 0.277. The molecule has 2 heterocycles. The van der Waals surface area contributed by atoms with Crippen LogP contribution < -0.4 is 4.90 Å². The third-order valence-corrected chi connectivity index (χ3v) is 6.45. The Morgan fingerprint density at radius 2 is 1.66 bits per heavy atom. The normalized spacial score (nSPS) is 17.9. The molecule has 1 N–H and O–H groups in total. The van der Waals surface area contributed by atoms with Crippen molar-refractivity contribution in [1.82, 2.24) is 10.2 Å². The SMILES string of the molecule is Cc1ccc(/C(O)=C2\C(=O)C(=O)N(c3nnc(C)s3)[C@@H]2c2cccc3ccccc23)cc1. The number of anilines is 1. The van der Waals surface area contributed by atoms with Crippen LogP contribution in [0.15, 0.2) is 72.3 Å². The van der Waals surface area contributed by atoms with Crippen LogP contribution in [-0.4, -0.2) is 27.0 Å². The number of fused-ring (bicyclic) bond motifs is 1. The second-order valence-corrected chi connectivity index (χ2v) is 8.87. The molecular weight excluding hydrogens is 422 g/mol. The van der Waals surface area contributed by atoms with Crippen LogP contribution in [0.25, 0.3) is 16.5 Å². The lowest BCUT2D eigenvalue weighted by molar-refractivity contribution is -0.132. The van der Waals surface area contributed by atoms with Gasteiger partial charge in [0, 0.05) is 5.56 Å². The maximum Gasteiger partial charge on any atom is 0.301 e. The van der Waals surface area contributed by atoms with Crippen molar-refractivity contribution >= 4 is 44.7 Å². The molecule has 0 spiro atoms. The smallest absolute Gasteiger partial charge is 0.301 e. The summed E-state index contributed by atoms with van der Waals surface area (Å²) in [5.41, 5.74) is 2.29. The topological polar surface area (TPSA) is 83.4 Å². The Labute approximate surface area is 188 Å². The van der Waals surface area contributed by atoms with E-state index in [9.17, 15) is 14.7 Å². The summed E-state index contributed by atoms with van der Waals surface area (Å²) in [5.74, 6) is -1.67. The molecule has 1 aromatic heterocycles. The number of hydrogen-bond acceptors (Lipinski definition) is 6. The Balaban J connectivity index is 1.80. The molecule has 1 aliphatic heterocycles. The number of aliphatic hydroxyl groups is 1. The Hall–Kier alpha value is -3.84. The minimum atomic E-state index is -0.824. The molecule has 0 radical (unpaired) electrons. The fourth-order valence-corrected chi connectivity index (χ4v) is 4.78. The molecule has 7 heteroatoms. The molecule has 1 amide bonds. The number of hydrogen-bond donors (Lipinski definition) is 1. The van der Waals surface area contributed by atoms with E-state index in [0.29, 0.717) is 15.7 Å². The number of aliphatic hydroxyl groups excluding tert-OH is 1. The first-order valence-corrected chi connectivity index (χ1v) is 10.9. The predicted molar refractivity (Wildman–Crippen MR) is 125 cm³/mol. The van der Waals surface area contributed by atoms with E-state index in [1.54, 1.807) is 19.1 Å². The number of amides is 1. The molecule has 32 heavy (non-hydrogen) atoms. The van der Waals surface area contributed by atoms with Gasteiger partial charge in [-0.05, 0) is 30.2 Å². The van der Waals surface area contributed by atoms with Crippen molar-refractivity contribution in [3.05, 3.63) is 94.0 Å². The van der Waals surface area contributed by atoms with Crippen LogP contribution in [0.2, 0.25) is 0 Å². The summed E-state index contributed by atoms with van der Waals surface area (Å²) in [5, 5.41) is 22.3. The van der Waals surface area contributed by atoms with Crippen molar-refractivity contribution in [2.75, 3.05) is 4.90 Å². The van der Waals surface area contributed by atoms with Crippen molar-refractivity contribution in [1.29, 1.82) is 0 Å². The number of benzene rings is 3. The number of carbonyl (C=O) groups is 2.